The molecule has 18 heavy (non-hydrogen) atoms. The Labute approximate surface area is 113 Å². The maximum Gasteiger partial charge on any atom is 0.130 e. The van der Waals surface area contributed by atoms with Crippen LogP contribution in [0.25, 0.3) is 0 Å². The first-order chi connectivity index (χ1) is 8.65. The molecule has 0 nitrogen and oxygen atoms in total. The van der Waals surface area contributed by atoms with E-state index in [9.17, 15) is 8.78 Å². The van der Waals surface area contributed by atoms with Crippen LogP contribution >= 0.6 is 11.6 Å². The number of unbranched alkanes of at least 4 members (excludes halogenated alkanes) is 5. The van der Waals surface area contributed by atoms with Crippen molar-refractivity contribution in [3.05, 3.63) is 35.4 Å². The fraction of sp³-hybridized carbons (Fsp3) is 0.600. The highest BCUT2D eigenvalue weighted by Gasteiger charge is 2.13. The first-order valence-electron chi connectivity index (χ1n) is 6.74. The molecule has 0 aliphatic rings. The Balaban J connectivity index is 2.29. The van der Waals surface area contributed by atoms with Gasteiger partial charge >= 0.3 is 0 Å². The Kier molecular flexibility index (Phi) is 7.26. The van der Waals surface area contributed by atoms with Crippen LogP contribution in [0.15, 0.2) is 18.2 Å². The lowest BCUT2D eigenvalue weighted by atomic mass is 10.0. The zero-order valence-electron chi connectivity index (χ0n) is 10.9. The van der Waals surface area contributed by atoms with Gasteiger partial charge in [-0.15, -0.1) is 11.6 Å². The summed E-state index contributed by atoms with van der Waals surface area (Å²) in [7, 11) is 0. The van der Waals surface area contributed by atoms with Crippen molar-refractivity contribution in [3.8, 4) is 0 Å². The van der Waals surface area contributed by atoms with Crippen LogP contribution in [0.5, 0.6) is 0 Å². The molecule has 1 atom stereocenters. The monoisotopic (exact) mass is 274 g/mol. The summed E-state index contributed by atoms with van der Waals surface area (Å²) in [6.45, 7) is 2.19. The summed E-state index contributed by atoms with van der Waals surface area (Å²) in [5.74, 6) is -1.10. The second-order valence-electron chi connectivity index (χ2n) is 4.69. The molecule has 0 bridgehead atoms. The number of rotatable bonds is 8. The number of hydrogen-bond donors (Lipinski definition) is 0. The van der Waals surface area contributed by atoms with Gasteiger partial charge in [0.2, 0.25) is 0 Å². The van der Waals surface area contributed by atoms with Crippen LogP contribution in [-0.2, 0) is 0 Å². The van der Waals surface area contributed by atoms with E-state index in [4.69, 9.17) is 11.6 Å². The molecule has 0 radical (unpaired) electrons. The summed E-state index contributed by atoms with van der Waals surface area (Å²) in [6, 6.07) is 3.60. The predicted octanol–water partition coefficient (Wildman–Crippen LogP) is 6.00. The Morgan fingerprint density at radius 1 is 1.06 bits per heavy atom. The van der Waals surface area contributed by atoms with Crippen LogP contribution in [0.2, 0.25) is 0 Å². The molecule has 0 aromatic heterocycles. The Hall–Kier alpha value is -0.630. The van der Waals surface area contributed by atoms with E-state index in [0.29, 0.717) is 5.56 Å². The van der Waals surface area contributed by atoms with Gasteiger partial charge in [0.05, 0.1) is 5.38 Å². The summed E-state index contributed by atoms with van der Waals surface area (Å²) < 4.78 is 26.2. The quantitative estimate of drug-likeness (QED) is 0.403. The predicted molar refractivity (Wildman–Crippen MR) is 72.9 cm³/mol. The van der Waals surface area contributed by atoms with Crippen molar-refractivity contribution in [3.63, 3.8) is 0 Å². The third-order valence-electron chi connectivity index (χ3n) is 3.11. The zero-order chi connectivity index (χ0) is 13.4. The summed E-state index contributed by atoms with van der Waals surface area (Å²) in [4.78, 5) is 0. The standard InChI is InChI=1S/C15H21ClF2/c1-2-3-4-5-6-7-8-14(16)13-10-9-12(17)11-15(13)18/h9-11,14H,2-8H2,1H3. The largest absolute Gasteiger partial charge is 0.207 e. The Bertz CT molecular complexity index is 352. The van der Waals surface area contributed by atoms with Gasteiger partial charge in [-0.3, -0.25) is 0 Å². The van der Waals surface area contributed by atoms with Gasteiger partial charge in [-0.25, -0.2) is 8.78 Å². The molecule has 0 saturated carbocycles. The molecule has 0 heterocycles. The van der Waals surface area contributed by atoms with E-state index >= 15 is 0 Å². The molecule has 0 spiro atoms. The van der Waals surface area contributed by atoms with Crippen LogP contribution < -0.4 is 0 Å². The number of benzene rings is 1. The summed E-state index contributed by atoms with van der Waals surface area (Å²) in [5, 5.41) is -0.350. The summed E-state index contributed by atoms with van der Waals surface area (Å²) in [6.07, 6.45) is 7.85. The van der Waals surface area contributed by atoms with E-state index < -0.39 is 11.6 Å². The van der Waals surface area contributed by atoms with E-state index in [1.54, 1.807) is 0 Å². The average Bonchev–Trinajstić information content (AvgIpc) is 2.33. The fourth-order valence-electron chi connectivity index (χ4n) is 2.01. The third kappa shape index (κ3) is 5.34. The first-order valence-corrected chi connectivity index (χ1v) is 7.17. The van der Waals surface area contributed by atoms with Crippen molar-refractivity contribution in [2.45, 2.75) is 57.2 Å². The van der Waals surface area contributed by atoms with Gasteiger partial charge in [-0.1, -0.05) is 51.5 Å². The number of alkyl halides is 1. The molecule has 0 saturated heterocycles. The topological polar surface area (TPSA) is 0 Å². The molecule has 1 aromatic rings. The molecule has 1 rings (SSSR count). The maximum absolute atomic E-state index is 13.5. The van der Waals surface area contributed by atoms with Crippen molar-refractivity contribution in [2.75, 3.05) is 0 Å². The van der Waals surface area contributed by atoms with Crippen molar-refractivity contribution < 1.29 is 8.78 Å². The van der Waals surface area contributed by atoms with Gasteiger partial charge in [0.1, 0.15) is 11.6 Å². The minimum absolute atomic E-state index is 0.350. The Morgan fingerprint density at radius 2 is 1.72 bits per heavy atom. The van der Waals surface area contributed by atoms with Gasteiger partial charge in [-0.05, 0) is 12.5 Å². The highest BCUT2D eigenvalue weighted by Crippen LogP contribution is 2.29. The first kappa shape index (κ1) is 15.4. The molecular formula is C15H21ClF2. The second-order valence-corrected chi connectivity index (χ2v) is 5.22. The summed E-state index contributed by atoms with van der Waals surface area (Å²) in [5.41, 5.74) is 0.409. The van der Waals surface area contributed by atoms with Gasteiger partial charge < -0.3 is 0 Å². The van der Waals surface area contributed by atoms with Gasteiger partial charge in [-0.2, -0.15) is 0 Å². The molecule has 0 amide bonds. The van der Waals surface area contributed by atoms with Crippen molar-refractivity contribution in [2.24, 2.45) is 0 Å². The van der Waals surface area contributed by atoms with E-state index in [0.717, 1.165) is 25.3 Å². The molecule has 102 valence electrons. The van der Waals surface area contributed by atoms with Crippen molar-refractivity contribution >= 4 is 11.6 Å². The molecule has 1 aromatic carbocycles. The molecule has 3 heteroatoms. The smallest absolute Gasteiger partial charge is 0.130 e. The lowest BCUT2D eigenvalue weighted by Gasteiger charge is -2.10. The molecule has 0 aliphatic carbocycles. The van der Waals surface area contributed by atoms with Crippen LogP contribution in [0.3, 0.4) is 0 Å². The molecule has 0 aliphatic heterocycles. The number of hydrogen-bond acceptors (Lipinski definition) is 0. The molecule has 1 unspecified atom stereocenters. The third-order valence-corrected chi connectivity index (χ3v) is 3.56. The van der Waals surface area contributed by atoms with Crippen LogP contribution in [0.4, 0.5) is 8.78 Å². The zero-order valence-corrected chi connectivity index (χ0v) is 11.6. The molecule has 0 fully saturated rings. The van der Waals surface area contributed by atoms with E-state index in [-0.39, 0.29) is 5.38 Å². The SMILES string of the molecule is CCCCCCCCC(Cl)c1ccc(F)cc1F. The van der Waals surface area contributed by atoms with Crippen LogP contribution in [0, 0.1) is 11.6 Å². The van der Waals surface area contributed by atoms with E-state index in [1.165, 1.54) is 37.8 Å². The number of halogens is 3. The van der Waals surface area contributed by atoms with Gasteiger partial charge in [0.25, 0.3) is 0 Å². The van der Waals surface area contributed by atoms with Crippen LogP contribution in [0.1, 0.15) is 62.8 Å². The van der Waals surface area contributed by atoms with E-state index in [2.05, 4.69) is 6.92 Å². The minimum Gasteiger partial charge on any atom is -0.207 e. The lowest BCUT2D eigenvalue weighted by Crippen LogP contribution is -1.96. The van der Waals surface area contributed by atoms with Crippen molar-refractivity contribution in [1.29, 1.82) is 0 Å². The molecular weight excluding hydrogens is 254 g/mol. The van der Waals surface area contributed by atoms with Crippen LogP contribution in [-0.4, -0.2) is 0 Å². The van der Waals surface area contributed by atoms with Gasteiger partial charge in [0, 0.05) is 11.6 Å². The lowest BCUT2D eigenvalue weighted by molar-refractivity contribution is 0.552. The summed E-state index contributed by atoms with van der Waals surface area (Å²) >= 11 is 6.14. The second kappa shape index (κ2) is 8.47. The van der Waals surface area contributed by atoms with E-state index in [1.807, 2.05) is 0 Å². The highest BCUT2D eigenvalue weighted by molar-refractivity contribution is 6.20. The Morgan fingerprint density at radius 3 is 2.39 bits per heavy atom. The normalized spacial score (nSPS) is 12.7. The fourth-order valence-corrected chi connectivity index (χ4v) is 2.35. The van der Waals surface area contributed by atoms with Gasteiger partial charge in [0.15, 0.2) is 0 Å². The highest BCUT2D eigenvalue weighted by atomic mass is 35.5. The maximum atomic E-state index is 13.5. The average molecular weight is 275 g/mol. The molecule has 0 N–H and O–H groups in total. The van der Waals surface area contributed by atoms with Crippen molar-refractivity contribution in [1.82, 2.24) is 0 Å². The minimum atomic E-state index is -0.556.